The van der Waals surface area contributed by atoms with Crippen molar-refractivity contribution in [2.24, 2.45) is 0 Å². The summed E-state index contributed by atoms with van der Waals surface area (Å²) in [6.07, 6.45) is 0.176. The van der Waals surface area contributed by atoms with Gasteiger partial charge in [0.25, 0.3) is 0 Å². The molecule has 164 valence electrons. The molecular formula is C25H24N2O4S. The predicted octanol–water partition coefficient (Wildman–Crippen LogP) is 5.48. The van der Waals surface area contributed by atoms with Crippen LogP contribution in [-0.4, -0.2) is 32.2 Å². The second kappa shape index (κ2) is 9.28. The number of aryl methyl sites for hydroxylation is 1. The van der Waals surface area contributed by atoms with Gasteiger partial charge in [-0.2, -0.15) is 0 Å². The second-order valence-electron chi connectivity index (χ2n) is 7.33. The van der Waals surface area contributed by atoms with Crippen LogP contribution in [0.3, 0.4) is 0 Å². The van der Waals surface area contributed by atoms with E-state index < -0.39 is 0 Å². The molecule has 1 amide bonds. The van der Waals surface area contributed by atoms with Gasteiger partial charge in [-0.1, -0.05) is 6.07 Å². The summed E-state index contributed by atoms with van der Waals surface area (Å²) in [5.74, 6) is 1.40. The Morgan fingerprint density at radius 3 is 2.25 bits per heavy atom. The molecule has 0 bridgehead atoms. The van der Waals surface area contributed by atoms with Crippen molar-refractivity contribution < 1.29 is 19.0 Å². The number of hydrogen-bond donors (Lipinski definition) is 1. The van der Waals surface area contributed by atoms with Crippen molar-refractivity contribution in [2.45, 2.75) is 13.3 Å². The molecule has 0 spiro atoms. The number of amides is 1. The highest BCUT2D eigenvalue weighted by atomic mass is 32.1. The molecule has 32 heavy (non-hydrogen) atoms. The molecule has 0 aliphatic carbocycles. The van der Waals surface area contributed by atoms with E-state index in [9.17, 15) is 4.79 Å². The monoisotopic (exact) mass is 448 g/mol. The van der Waals surface area contributed by atoms with Crippen molar-refractivity contribution >= 4 is 33.1 Å². The van der Waals surface area contributed by atoms with E-state index in [4.69, 9.17) is 19.2 Å². The number of nitrogens with one attached hydrogen (secondary N) is 1. The molecule has 7 heteroatoms. The van der Waals surface area contributed by atoms with E-state index in [-0.39, 0.29) is 12.3 Å². The first-order chi connectivity index (χ1) is 15.5. The minimum atomic E-state index is -0.137. The molecule has 4 aromatic rings. The third-order valence-corrected chi connectivity index (χ3v) is 6.12. The number of aromatic nitrogens is 1. The fraction of sp³-hybridized carbons (Fsp3) is 0.200. The van der Waals surface area contributed by atoms with Gasteiger partial charge in [0.05, 0.1) is 38.0 Å². The lowest BCUT2D eigenvalue weighted by Crippen LogP contribution is -2.14. The first kappa shape index (κ1) is 21.6. The van der Waals surface area contributed by atoms with E-state index in [1.165, 1.54) is 10.3 Å². The minimum absolute atomic E-state index is 0.137. The van der Waals surface area contributed by atoms with E-state index >= 15 is 0 Å². The van der Waals surface area contributed by atoms with Crippen LogP contribution in [0.4, 0.5) is 5.69 Å². The number of carbonyl (C=O) groups excluding carboxylic acids is 1. The summed E-state index contributed by atoms with van der Waals surface area (Å²) in [4.78, 5) is 17.3. The molecule has 0 atom stereocenters. The molecular weight excluding hydrogens is 424 g/mol. The molecule has 6 nitrogen and oxygen atoms in total. The van der Waals surface area contributed by atoms with Gasteiger partial charge < -0.3 is 19.5 Å². The zero-order chi connectivity index (χ0) is 22.7. The van der Waals surface area contributed by atoms with Crippen LogP contribution in [-0.2, 0) is 11.2 Å². The third kappa shape index (κ3) is 4.53. The SMILES string of the molecule is COc1cc(CC(=O)Nc2ccc(-c3nc4ccc(C)cc4s3)cc2)cc(OC)c1OC. The Morgan fingerprint density at radius 2 is 1.62 bits per heavy atom. The molecule has 0 aliphatic rings. The Labute approximate surface area is 190 Å². The Hall–Kier alpha value is -3.58. The van der Waals surface area contributed by atoms with Crippen LogP contribution in [0.15, 0.2) is 54.6 Å². The van der Waals surface area contributed by atoms with Crippen molar-refractivity contribution in [3.05, 3.63) is 65.7 Å². The van der Waals surface area contributed by atoms with Crippen LogP contribution < -0.4 is 19.5 Å². The van der Waals surface area contributed by atoms with Crippen molar-refractivity contribution in [3.63, 3.8) is 0 Å². The van der Waals surface area contributed by atoms with Crippen LogP contribution in [0.5, 0.6) is 17.2 Å². The summed E-state index contributed by atoms with van der Waals surface area (Å²) >= 11 is 1.66. The fourth-order valence-corrected chi connectivity index (χ4v) is 4.55. The summed E-state index contributed by atoms with van der Waals surface area (Å²) in [5.41, 5.74) is 4.73. The molecule has 0 aliphatic heterocycles. The Kier molecular flexibility index (Phi) is 6.28. The van der Waals surface area contributed by atoms with Crippen LogP contribution in [0, 0.1) is 6.92 Å². The van der Waals surface area contributed by atoms with Gasteiger partial charge in [0, 0.05) is 11.3 Å². The van der Waals surface area contributed by atoms with Gasteiger partial charge in [-0.15, -0.1) is 11.3 Å². The maximum atomic E-state index is 12.6. The number of anilines is 1. The number of benzene rings is 3. The van der Waals surface area contributed by atoms with Crippen LogP contribution >= 0.6 is 11.3 Å². The van der Waals surface area contributed by atoms with Crippen LogP contribution in [0.25, 0.3) is 20.8 Å². The van der Waals surface area contributed by atoms with E-state index in [0.717, 1.165) is 27.3 Å². The fourth-order valence-electron chi connectivity index (χ4n) is 3.48. The average molecular weight is 449 g/mol. The molecule has 0 saturated heterocycles. The lowest BCUT2D eigenvalue weighted by atomic mass is 10.1. The summed E-state index contributed by atoms with van der Waals surface area (Å²) in [7, 11) is 4.65. The number of rotatable bonds is 7. The lowest BCUT2D eigenvalue weighted by Gasteiger charge is -2.14. The number of methoxy groups -OCH3 is 3. The Balaban J connectivity index is 1.47. The lowest BCUT2D eigenvalue weighted by molar-refractivity contribution is -0.115. The minimum Gasteiger partial charge on any atom is -0.493 e. The number of ether oxygens (including phenoxy) is 3. The van der Waals surface area contributed by atoms with Gasteiger partial charge in [-0.3, -0.25) is 4.79 Å². The van der Waals surface area contributed by atoms with Crippen LogP contribution in [0.2, 0.25) is 0 Å². The number of fused-ring (bicyclic) bond motifs is 1. The normalized spacial score (nSPS) is 10.8. The maximum Gasteiger partial charge on any atom is 0.228 e. The quantitative estimate of drug-likeness (QED) is 0.405. The molecule has 1 heterocycles. The van der Waals surface area contributed by atoms with E-state index in [2.05, 4.69) is 24.4 Å². The summed E-state index contributed by atoms with van der Waals surface area (Å²) in [6.45, 7) is 2.08. The van der Waals surface area contributed by atoms with Crippen molar-refractivity contribution in [1.82, 2.24) is 4.98 Å². The van der Waals surface area contributed by atoms with Gasteiger partial charge in [0.1, 0.15) is 5.01 Å². The number of hydrogen-bond acceptors (Lipinski definition) is 6. The van der Waals surface area contributed by atoms with Gasteiger partial charge in [0.2, 0.25) is 11.7 Å². The van der Waals surface area contributed by atoms with Crippen molar-refractivity contribution in [3.8, 4) is 27.8 Å². The van der Waals surface area contributed by atoms with Gasteiger partial charge in [-0.05, 0) is 66.6 Å². The molecule has 0 unspecified atom stereocenters. The van der Waals surface area contributed by atoms with Crippen molar-refractivity contribution in [2.75, 3.05) is 26.6 Å². The largest absolute Gasteiger partial charge is 0.493 e. The Morgan fingerprint density at radius 1 is 0.938 bits per heavy atom. The van der Waals surface area contributed by atoms with Gasteiger partial charge in [-0.25, -0.2) is 4.98 Å². The molecule has 1 aromatic heterocycles. The standard InChI is InChI=1S/C25H24N2O4S/c1-15-5-10-19-22(11-15)32-25(27-19)17-6-8-18(9-7-17)26-23(28)14-16-12-20(29-2)24(31-4)21(13-16)30-3/h5-13H,14H2,1-4H3,(H,26,28). The van der Waals surface area contributed by atoms with Crippen LogP contribution in [0.1, 0.15) is 11.1 Å². The Bertz CT molecular complexity index is 1240. The smallest absolute Gasteiger partial charge is 0.228 e. The topological polar surface area (TPSA) is 69.7 Å². The number of carbonyl (C=O) groups is 1. The first-order valence-electron chi connectivity index (χ1n) is 10.1. The number of thiazole rings is 1. The van der Waals surface area contributed by atoms with E-state index in [1.807, 2.05) is 30.3 Å². The molecule has 1 N–H and O–H groups in total. The molecule has 3 aromatic carbocycles. The maximum absolute atomic E-state index is 12.6. The summed E-state index contributed by atoms with van der Waals surface area (Å²) < 4.78 is 17.2. The predicted molar refractivity (Wildman–Crippen MR) is 128 cm³/mol. The molecule has 0 radical (unpaired) electrons. The third-order valence-electron chi connectivity index (χ3n) is 5.05. The summed E-state index contributed by atoms with van der Waals surface area (Å²) in [6, 6.07) is 17.5. The molecule has 4 rings (SSSR count). The van der Waals surface area contributed by atoms with Gasteiger partial charge in [0.15, 0.2) is 11.5 Å². The molecule has 0 fully saturated rings. The highest BCUT2D eigenvalue weighted by Crippen LogP contribution is 2.38. The molecule has 0 saturated carbocycles. The van der Waals surface area contributed by atoms with E-state index in [1.54, 1.807) is 44.8 Å². The average Bonchev–Trinajstić information content (AvgIpc) is 3.21. The number of nitrogens with zero attached hydrogens (tertiary/aromatic N) is 1. The second-order valence-corrected chi connectivity index (χ2v) is 8.36. The van der Waals surface area contributed by atoms with E-state index in [0.29, 0.717) is 17.2 Å². The highest BCUT2D eigenvalue weighted by molar-refractivity contribution is 7.21. The summed E-state index contributed by atoms with van der Waals surface area (Å²) in [5, 5.41) is 3.90. The zero-order valence-corrected chi connectivity index (χ0v) is 19.2. The van der Waals surface area contributed by atoms with Crippen molar-refractivity contribution in [1.29, 1.82) is 0 Å². The highest BCUT2D eigenvalue weighted by Gasteiger charge is 2.15. The first-order valence-corrected chi connectivity index (χ1v) is 10.9. The zero-order valence-electron chi connectivity index (χ0n) is 18.4. The van der Waals surface area contributed by atoms with Gasteiger partial charge >= 0.3 is 0 Å².